The third-order valence-corrected chi connectivity index (χ3v) is 2.39. The van der Waals surface area contributed by atoms with Crippen molar-refractivity contribution in [2.75, 3.05) is 11.6 Å². The van der Waals surface area contributed by atoms with Gasteiger partial charge in [-0.1, -0.05) is 24.6 Å². The molecule has 1 aromatic rings. The second kappa shape index (κ2) is 4.47. The molecule has 2 heteroatoms. The van der Waals surface area contributed by atoms with E-state index < -0.39 is 0 Å². The van der Waals surface area contributed by atoms with E-state index in [-0.39, 0.29) is 0 Å². The molecule has 0 bridgehead atoms. The Labute approximate surface area is 86.7 Å². The molecule has 0 fully saturated rings. The summed E-state index contributed by atoms with van der Waals surface area (Å²) < 4.78 is 0. The van der Waals surface area contributed by atoms with Crippen molar-refractivity contribution in [2.24, 2.45) is 5.84 Å². The Morgan fingerprint density at radius 3 is 2.07 bits per heavy atom. The van der Waals surface area contributed by atoms with Crippen molar-refractivity contribution in [3.05, 3.63) is 28.8 Å². The summed E-state index contributed by atoms with van der Waals surface area (Å²) in [7, 11) is 0. The maximum atomic E-state index is 5.99. The molecule has 0 aromatic heterocycles. The zero-order valence-corrected chi connectivity index (χ0v) is 9.59. The molecule has 0 aliphatic carbocycles. The van der Waals surface area contributed by atoms with Gasteiger partial charge in [0.25, 0.3) is 0 Å². The fourth-order valence-electron chi connectivity index (χ4n) is 1.98. The Morgan fingerprint density at radius 2 is 1.64 bits per heavy atom. The Morgan fingerprint density at radius 1 is 1.14 bits per heavy atom. The van der Waals surface area contributed by atoms with Gasteiger partial charge in [0.15, 0.2) is 0 Å². The molecular formula is C12H20N2. The first-order valence-corrected chi connectivity index (χ1v) is 5.16. The minimum absolute atomic E-state index is 0.907. The highest BCUT2D eigenvalue weighted by Gasteiger charge is 2.07. The van der Waals surface area contributed by atoms with E-state index in [1.165, 1.54) is 22.4 Å². The Bertz CT molecular complexity index is 295. The molecule has 2 nitrogen and oxygen atoms in total. The van der Waals surface area contributed by atoms with Crippen LogP contribution in [0.25, 0.3) is 0 Å². The molecule has 0 aliphatic heterocycles. The Kier molecular flexibility index (Phi) is 3.53. The van der Waals surface area contributed by atoms with Crippen molar-refractivity contribution < 1.29 is 0 Å². The second-order valence-electron chi connectivity index (χ2n) is 3.94. The van der Waals surface area contributed by atoms with Crippen LogP contribution in [0.15, 0.2) is 12.1 Å². The molecule has 14 heavy (non-hydrogen) atoms. The van der Waals surface area contributed by atoms with E-state index in [1.54, 1.807) is 0 Å². The van der Waals surface area contributed by atoms with Crippen molar-refractivity contribution in [1.82, 2.24) is 0 Å². The van der Waals surface area contributed by atoms with Crippen molar-refractivity contribution in [1.29, 1.82) is 0 Å². The van der Waals surface area contributed by atoms with Crippen LogP contribution in [0, 0.1) is 20.8 Å². The predicted octanol–water partition coefficient (Wildman–Crippen LogP) is 2.70. The lowest BCUT2D eigenvalue weighted by Crippen LogP contribution is -2.32. The molecule has 0 aliphatic rings. The summed E-state index contributed by atoms with van der Waals surface area (Å²) in [6, 6.07) is 4.36. The summed E-state index contributed by atoms with van der Waals surface area (Å²) in [6.07, 6.45) is 1.07. The van der Waals surface area contributed by atoms with Crippen LogP contribution in [0.1, 0.15) is 30.0 Å². The van der Waals surface area contributed by atoms with E-state index in [9.17, 15) is 0 Å². The van der Waals surface area contributed by atoms with Gasteiger partial charge in [-0.15, -0.1) is 0 Å². The predicted molar refractivity (Wildman–Crippen MR) is 62.5 cm³/mol. The number of hydrogen-bond donors (Lipinski definition) is 1. The molecule has 0 spiro atoms. The number of benzene rings is 1. The fourth-order valence-corrected chi connectivity index (χ4v) is 1.98. The number of nitrogens with two attached hydrogens (primary N) is 1. The standard InChI is InChI=1S/C12H20N2/c1-5-6-14(13)12-10(3)7-9(2)8-11(12)4/h7-8H,5-6,13H2,1-4H3. The molecule has 78 valence electrons. The first kappa shape index (κ1) is 11.1. The van der Waals surface area contributed by atoms with E-state index in [1.807, 2.05) is 5.01 Å². The van der Waals surface area contributed by atoms with Gasteiger partial charge in [0.1, 0.15) is 0 Å². The van der Waals surface area contributed by atoms with Crippen LogP contribution in [0.3, 0.4) is 0 Å². The van der Waals surface area contributed by atoms with Crippen LogP contribution >= 0.6 is 0 Å². The van der Waals surface area contributed by atoms with Crippen molar-refractivity contribution >= 4 is 5.69 Å². The third-order valence-electron chi connectivity index (χ3n) is 2.39. The molecule has 0 unspecified atom stereocenters. The van der Waals surface area contributed by atoms with Gasteiger partial charge in [-0.2, -0.15) is 0 Å². The van der Waals surface area contributed by atoms with Gasteiger partial charge in [0.05, 0.1) is 5.69 Å². The maximum absolute atomic E-state index is 5.99. The number of hydrazine groups is 1. The van der Waals surface area contributed by atoms with Crippen LogP contribution < -0.4 is 10.9 Å². The van der Waals surface area contributed by atoms with E-state index in [0.717, 1.165) is 13.0 Å². The molecular weight excluding hydrogens is 172 g/mol. The first-order valence-electron chi connectivity index (χ1n) is 5.16. The third kappa shape index (κ3) is 2.26. The Hall–Kier alpha value is -1.02. The van der Waals surface area contributed by atoms with E-state index >= 15 is 0 Å². The lowest BCUT2D eigenvalue weighted by Gasteiger charge is -2.22. The summed E-state index contributed by atoms with van der Waals surface area (Å²) in [5.74, 6) is 5.99. The van der Waals surface area contributed by atoms with Gasteiger partial charge in [-0.05, 0) is 38.3 Å². The summed E-state index contributed by atoms with van der Waals surface area (Å²) in [5, 5.41) is 1.85. The minimum Gasteiger partial charge on any atom is -0.311 e. The normalized spacial score (nSPS) is 10.4. The SMILES string of the molecule is CCCN(N)c1c(C)cc(C)cc1C. The minimum atomic E-state index is 0.907. The van der Waals surface area contributed by atoms with Gasteiger partial charge < -0.3 is 5.01 Å². The highest BCUT2D eigenvalue weighted by Crippen LogP contribution is 2.24. The molecule has 0 amide bonds. The van der Waals surface area contributed by atoms with Crippen LogP contribution in [0.5, 0.6) is 0 Å². The number of rotatable bonds is 3. The number of anilines is 1. The molecule has 0 saturated carbocycles. The van der Waals surface area contributed by atoms with Crippen LogP contribution in [-0.2, 0) is 0 Å². The fraction of sp³-hybridized carbons (Fsp3) is 0.500. The number of nitrogens with zero attached hydrogens (tertiary/aromatic N) is 1. The van der Waals surface area contributed by atoms with Gasteiger partial charge in [0, 0.05) is 6.54 Å². The zero-order valence-electron chi connectivity index (χ0n) is 9.59. The summed E-state index contributed by atoms with van der Waals surface area (Å²) in [6.45, 7) is 9.39. The molecule has 1 aromatic carbocycles. The van der Waals surface area contributed by atoms with Gasteiger partial charge in [-0.3, -0.25) is 0 Å². The van der Waals surface area contributed by atoms with Crippen LogP contribution in [0.4, 0.5) is 5.69 Å². The number of hydrogen-bond acceptors (Lipinski definition) is 2. The molecule has 2 N–H and O–H groups in total. The van der Waals surface area contributed by atoms with Crippen molar-refractivity contribution in [3.63, 3.8) is 0 Å². The molecule has 0 atom stereocenters. The van der Waals surface area contributed by atoms with Gasteiger partial charge >= 0.3 is 0 Å². The quantitative estimate of drug-likeness (QED) is 0.589. The number of aryl methyl sites for hydroxylation is 3. The van der Waals surface area contributed by atoms with Crippen molar-refractivity contribution in [3.8, 4) is 0 Å². The largest absolute Gasteiger partial charge is 0.311 e. The zero-order chi connectivity index (χ0) is 10.7. The maximum Gasteiger partial charge on any atom is 0.0575 e. The van der Waals surface area contributed by atoms with E-state index in [4.69, 9.17) is 5.84 Å². The Balaban J connectivity index is 3.07. The second-order valence-corrected chi connectivity index (χ2v) is 3.94. The van der Waals surface area contributed by atoms with Crippen LogP contribution in [-0.4, -0.2) is 6.54 Å². The topological polar surface area (TPSA) is 29.3 Å². The molecule has 0 heterocycles. The van der Waals surface area contributed by atoms with E-state index in [2.05, 4.69) is 39.8 Å². The summed E-state index contributed by atoms with van der Waals surface area (Å²) in [5.41, 5.74) is 5.00. The van der Waals surface area contributed by atoms with Crippen LogP contribution in [0.2, 0.25) is 0 Å². The molecule has 0 radical (unpaired) electrons. The lowest BCUT2D eigenvalue weighted by atomic mass is 10.0. The monoisotopic (exact) mass is 192 g/mol. The van der Waals surface area contributed by atoms with Crippen molar-refractivity contribution in [2.45, 2.75) is 34.1 Å². The average molecular weight is 192 g/mol. The highest BCUT2D eigenvalue weighted by atomic mass is 15.4. The van der Waals surface area contributed by atoms with Gasteiger partial charge in [-0.25, -0.2) is 5.84 Å². The lowest BCUT2D eigenvalue weighted by molar-refractivity contribution is 0.798. The highest BCUT2D eigenvalue weighted by molar-refractivity contribution is 5.59. The summed E-state index contributed by atoms with van der Waals surface area (Å²) in [4.78, 5) is 0. The van der Waals surface area contributed by atoms with Gasteiger partial charge in [0.2, 0.25) is 0 Å². The molecule has 1 rings (SSSR count). The average Bonchev–Trinajstić information content (AvgIpc) is 2.01. The molecule has 0 saturated heterocycles. The smallest absolute Gasteiger partial charge is 0.0575 e. The van der Waals surface area contributed by atoms with E-state index in [0.29, 0.717) is 0 Å². The first-order chi connectivity index (χ1) is 6.56. The summed E-state index contributed by atoms with van der Waals surface area (Å²) >= 11 is 0.